The smallest absolute Gasteiger partial charge is 0.323 e. The molecule has 0 aliphatic carbocycles. The molecule has 0 spiro atoms. The van der Waals surface area contributed by atoms with Crippen molar-refractivity contribution in [3.8, 4) is 11.5 Å². The molecule has 1 heterocycles. The minimum atomic E-state index is -0.913. The lowest BCUT2D eigenvalue weighted by Gasteiger charge is -2.31. The van der Waals surface area contributed by atoms with Gasteiger partial charge in [-0.2, -0.15) is 0 Å². The van der Waals surface area contributed by atoms with Gasteiger partial charge in [-0.3, -0.25) is 9.69 Å². The van der Waals surface area contributed by atoms with E-state index >= 15 is 0 Å². The summed E-state index contributed by atoms with van der Waals surface area (Å²) in [6.07, 6.45) is 0.871. The first-order valence-electron chi connectivity index (χ1n) is 6.74. The van der Waals surface area contributed by atoms with E-state index in [0.29, 0.717) is 19.8 Å². The van der Waals surface area contributed by atoms with Crippen LogP contribution in [-0.4, -0.2) is 41.8 Å². The van der Waals surface area contributed by atoms with Crippen LogP contribution in [0.2, 0.25) is 0 Å². The van der Waals surface area contributed by atoms with Gasteiger partial charge in [0.25, 0.3) is 0 Å². The molecule has 0 radical (unpaired) electrons. The van der Waals surface area contributed by atoms with Crippen molar-refractivity contribution in [2.24, 2.45) is 0 Å². The predicted molar refractivity (Wildman–Crippen MR) is 75.2 cm³/mol. The molecule has 0 saturated heterocycles. The molecule has 1 aromatic carbocycles. The van der Waals surface area contributed by atoms with Crippen molar-refractivity contribution >= 4 is 5.97 Å². The van der Waals surface area contributed by atoms with E-state index in [4.69, 9.17) is 9.47 Å². The Morgan fingerprint density at radius 2 is 1.95 bits per heavy atom. The van der Waals surface area contributed by atoms with Crippen molar-refractivity contribution < 1.29 is 19.4 Å². The van der Waals surface area contributed by atoms with Gasteiger partial charge < -0.3 is 14.6 Å². The lowest BCUT2D eigenvalue weighted by molar-refractivity contribution is -0.148. The maximum Gasteiger partial charge on any atom is 0.323 e. The Morgan fingerprint density at radius 1 is 1.30 bits per heavy atom. The fourth-order valence-electron chi connectivity index (χ4n) is 1.94. The van der Waals surface area contributed by atoms with Gasteiger partial charge in [0.05, 0.1) is 13.2 Å². The molecule has 1 N–H and O–H groups in total. The summed E-state index contributed by atoms with van der Waals surface area (Å²) in [7, 11) is 1.80. The molecule has 1 aliphatic rings. The molecule has 0 saturated carbocycles. The van der Waals surface area contributed by atoms with Crippen LogP contribution in [0, 0.1) is 0 Å². The molecule has 1 aliphatic heterocycles. The second-order valence-corrected chi connectivity index (χ2v) is 5.55. The third kappa shape index (κ3) is 3.04. The van der Waals surface area contributed by atoms with E-state index < -0.39 is 11.5 Å². The van der Waals surface area contributed by atoms with E-state index in [1.807, 2.05) is 18.2 Å². The topological polar surface area (TPSA) is 59.0 Å². The van der Waals surface area contributed by atoms with Gasteiger partial charge in [0, 0.05) is 13.0 Å². The summed E-state index contributed by atoms with van der Waals surface area (Å²) in [5, 5.41) is 9.23. The van der Waals surface area contributed by atoms with Gasteiger partial charge in [-0.05, 0) is 38.6 Å². The first-order chi connectivity index (χ1) is 9.41. The monoisotopic (exact) mass is 279 g/mol. The van der Waals surface area contributed by atoms with Crippen LogP contribution in [0.1, 0.15) is 25.8 Å². The largest absolute Gasteiger partial charge is 0.490 e. The number of hydrogen-bond acceptors (Lipinski definition) is 4. The number of benzene rings is 1. The molecule has 20 heavy (non-hydrogen) atoms. The van der Waals surface area contributed by atoms with Crippen molar-refractivity contribution in [1.82, 2.24) is 4.90 Å². The number of aliphatic carboxylic acids is 1. The fraction of sp³-hybridized carbons (Fsp3) is 0.533. The van der Waals surface area contributed by atoms with Crippen LogP contribution < -0.4 is 9.47 Å². The molecular weight excluding hydrogens is 258 g/mol. The summed E-state index contributed by atoms with van der Waals surface area (Å²) in [4.78, 5) is 13.0. The molecule has 0 fully saturated rings. The lowest BCUT2D eigenvalue weighted by atomic mass is 10.0. The second kappa shape index (κ2) is 5.71. The van der Waals surface area contributed by atoms with Crippen LogP contribution in [-0.2, 0) is 11.3 Å². The zero-order valence-corrected chi connectivity index (χ0v) is 12.2. The highest BCUT2D eigenvalue weighted by molar-refractivity contribution is 5.77. The number of fused-ring (bicyclic) bond motifs is 1. The minimum Gasteiger partial charge on any atom is -0.490 e. The van der Waals surface area contributed by atoms with Gasteiger partial charge in [0.2, 0.25) is 0 Å². The summed E-state index contributed by atoms with van der Waals surface area (Å²) in [6.45, 7) is 5.23. The molecule has 5 nitrogen and oxygen atoms in total. The highest BCUT2D eigenvalue weighted by atomic mass is 16.5. The van der Waals surface area contributed by atoms with Gasteiger partial charge >= 0.3 is 5.97 Å². The van der Waals surface area contributed by atoms with Crippen molar-refractivity contribution in [2.45, 2.75) is 32.4 Å². The van der Waals surface area contributed by atoms with Gasteiger partial charge in [-0.25, -0.2) is 0 Å². The third-order valence-corrected chi connectivity index (χ3v) is 3.71. The Labute approximate surface area is 119 Å². The Kier molecular flexibility index (Phi) is 4.18. The molecular formula is C15H21NO4. The number of rotatable bonds is 4. The molecule has 1 aromatic rings. The standard InChI is InChI=1S/C15H21NO4/c1-15(2,14(17)18)16(3)10-11-5-6-12-13(9-11)20-8-4-7-19-12/h5-6,9H,4,7-8,10H2,1-3H3,(H,17,18). The average molecular weight is 279 g/mol. The number of carbonyl (C=O) groups is 1. The number of ether oxygens (including phenoxy) is 2. The SMILES string of the molecule is CN(Cc1ccc2c(c1)OCCCO2)C(C)(C)C(=O)O. The Balaban J connectivity index is 2.14. The Morgan fingerprint density at radius 3 is 2.60 bits per heavy atom. The predicted octanol–water partition coefficient (Wildman–Crippen LogP) is 2.14. The number of likely N-dealkylation sites (N-methyl/N-ethyl adjacent to an activating group) is 1. The maximum absolute atomic E-state index is 11.2. The molecule has 0 bridgehead atoms. The van der Waals surface area contributed by atoms with Gasteiger partial charge in [0.15, 0.2) is 11.5 Å². The van der Waals surface area contributed by atoms with E-state index in [9.17, 15) is 9.90 Å². The van der Waals surface area contributed by atoms with Gasteiger partial charge in [-0.1, -0.05) is 6.07 Å². The van der Waals surface area contributed by atoms with Gasteiger partial charge in [-0.15, -0.1) is 0 Å². The summed E-state index contributed by atoms with van der Waals surface area (Å²) in [6, 6.07) is 5.76. The van der Waals surface area contributed by atoms with Crippen LogP contribution in [0.15, 0.2) is 18.2 Å². The maximum atomic E-state index is 11.2. The molecule has 0 unspecified atom stereocenters. The van der Waals surface area contributed by atoms with Crippen LogP contribution >= 0.6 is 0 Å². The van der Waals surface area contributed by atoms with Crippen LogP contribution in [0.25, 0.3) is 0 Å². The summed E-state index contributed by atoms with van der Waals surface area (Å²) in [5.41, 5.74) is 0.0931. The normalized spacial score (nSPS) is 15.0. The zero-order valence-electron chi connectivity index (χ0n) is 12.2. The molecule has 0 atom stereocenters. The van der Waals surface area contributed by atoms with Crippen molar-refractivity contribution in [3.63, 3.8) is 0 Å². The van der Waals surface area contributed by atoms with Crippen molar-refractivity contribution in [3.05, 3.63) is 23.8 Å². The first kappa shape index (κ1) is 14.7. The Bertz CT molecular complexity index is 499. The molecule has 2 rings (SSSR count). The summed E-state index contributed by atoms with van der Waals surface area (Å²) >= 11 is 0. The van der Waals surface area contributed by atoms with Crippen LogP contribution in [0.3, 0.4) is 0 Å². The van der Waals surface area contributed by atoms with Crippen molar-refractivity contribution in [1.29, 1.82) is 0 Å². The summed E-state index contributed by atoms with van der Waals surface area (Å²) < 4.78 is 11.2. The number of hydrogen-bond donors (Lipinski definition) is 1. The zero-order chi connectivity index (χ0) is 14.8. The van der Waals surface area contributed by atoms with E-state index in [1.54, 1.807) is 25.8 Å². The van der Waals surface area contributed by atoms with Crippen LogP contribution in [0.5, 0.6) is 11.5 Å². The van der Waals surface area contributed by atoms with E-state index in [0.717, 1.165) is 23.5 Å². The quantitative estimate of drug-likeness (QED) is 0.915. The molecule has 0 amide bonds. The lowest BCUT2D eigenvalue weighted by Crippen LogP contribution is -2.47. The third-order valence-electron chi connectivity index (χ3n) is 3.71. The molecule has 110 valence electrons. The molecule has 0 aromatic heterocycles. The van der Waals surface area contributed by atoms with E-state index in [1.165, 1.54) is 0 Å². The minimum absolute atomic E-state index is 0.538. The highest BCUT2D eigenvalue weighted by Crippen LogP contribution is 2.31. The fourth-order valence-corrected chi connectivity index (χ4v) is 1.94. The second-order valence-electron chi connectivity index (χ2n) is 5.55. The van der Waals surface area contributed by atoms with E-state index in [2.05, 4.69) is 0 Å². The summed E-state index contributed by atoms with van der Waals surface area (Å²) in [5.74, 6) is 0.655. The van der Waals surface area contributed by atoms with Crippen LogP contribution in [0.4, 0.5) is 0 Å². The number of carboxylic acid groups (broad SMARTS) is 1. The highest BCUT2D eigenvalue weighted by Gasteiger charge is 2.31. The van der Waals surface area contributed by atoms with Gasteiger partial charge in [0.1, 0.15) is 5.54 Å². The average Bonchev–Trinajstić information content (AvgIpc) is 2.63. The van der Waals surface area contributed by atoms with E-state index in [-0.39, 0.29) is 0 Å². The number of carboxylic acids is 1. The Hall–Kier alpha value is -1.75. The number of nitrogens with zero attached hydrogens (tertiary/aromatic N) is 1. The van der Waals surface area contributed by atoms with Crippen molar-refractivity contribution in [2.75, 3.05) is 20.3 Å². The first-order valence-corrected chi connectivity index (χ1v) is 6.74. The molecule has 5 heteroatoms.